The summed E-state index contributed by atoms with van der Waals surface area (Å²) in [7, 11) is 0. The van der Waals surface area contributed by atoms with Crippen LogP contribution in [-0.2, 0) is 4.74 Å². The summed E-state index contributed by atoms with van der Waals surface area (Å²) in [5, 5.41) is 5.66. The number of nitrogens with one attached hydrogen (secondary N) is 1. The van der Waals surface area contributed by atoms with Crippen LogP contribution < -0.4 is 10.3 Å². The van der Waals surface area contributed by atoms with Crippen LogP contribution in [0.3, 0.4) is 0 Å². The molecule has 1 aromatic carbocycles. The number of halogens is 1. The standard InChI is InChI=1S/C25H25FN6O4/c1-14-9-20-17(22-18(23(33)30-20)11-29-32(22)15-4-8-35-13-15)10-16(14)24(34)31-7-3-21(19(26)12-31)36-25-27-5-2-6-28-25/h2,5-6,9-11,15,19,21H,3-4,7-8,12-13H2,1H3,(H,30,33)/t15-,19-,21+/m0/s1. The van der Waals surface area contributed by atoms with Gasteiger partial charge in [-0.3, -0.25) is 14.3 Å². The molecule has 0 unspecified atom stereocenters. The van der Waals surface area contributed by atoms with Gasteiger partial charge in [0.2, 0.25) is 0 Å². The van der Waals surface area contributed by atoms with Gasteiger partial charge < -0.3 is 19.4 Å². The van der Waals surface area contributed by atoms with E-state index in [2.05, 4.69) is 20.1 Å². The van der Waals surface area contributed by atoms with Crippen molar-refractivity contribution < 1.29 is 18.7 Å². The lowest BCUT2D eigenvalue weighted by molar-refractivity contribution is 0.0164. The van der Waals surface area contributed by atoms with Crippen molar-refractivity contribution in [3.05, 3.63) is 58.3 Å². The summed E-state index contributed by atoms with van der Waals surface area (Å²) in [6, 6.07) is 5.38. The Balaban J connectivity index is 1.32. The fourth-order valence-electron chi connectivity index (χ4n) is 5.07. The van der Waals surface area contributed by atoms with Crippen molar-refractivity contribution in [3.63, 3.8) is 0 Å². The lowest BCUT2D eigenvalue weighted by atomic mass is 10.00. The molecule has 3 atom stereocenters. The van der Waals surface area contributed by atoms with Gasteiger partial charge >= 0.3 is 6.01 Å². The molecular weight excluding hydrogens is 467 g/mol. The molecule has 2 aliphatic rings. The Labute approximate surface area is 205 Å². The largest absolute Gasteiger partial charge is 0.457 e. The van der Waals surface area contributed by atoms with E-state index in [1.54, 1.807) is 24.4 Å². The van der Waals surface area contributed by atoms with Crippen LogP contribution >= 0.6 is 0 Å². The number of H-pyrrole nitrogens is 1. The number of hydrogen-bond acceptors (Lipinski definition) is 7. The summed E-state index contributed by atoms with van der Waals surface area (Å²) in [4.78, 5) is 38.7. The molecule has 0 saturated carbocycles. The van der Waals surface area contributed by atoms with Crippen LogP contribution in [0.25, 0.3) is 21.8 Å². The second-order valence-electron chi connectivity index (χ2n) is 9.28. The first-order valence-electron chi connectivity index (χ1n) is 12.0. The highest BCUT2D eigenvalue weighted by Crippen LogP contribution is 2.30. The molecular formula is C25H25FN6O4. The zero-order chi connectivity index (χ0) is 24.8. The number of pyridine rings is 1. The van der Waals surface area contributed by atoms with Crippen LogP contribution in [0.4, 0.5) is 4.39 Å². The van der Waals surface area contributed by atoms with Crippen LogP contribution in [0.1, 0.15) is 34.8 Å². The number of carbonyl (C=O) groups excluding carboxylic acids is 1. The van der Waals surface area contributed by atoms with E-state index in [-0.39, 0.29) is 30.1 Å². The first-order chi connectivity index (χ1) is 17.5. The Bertz CT molecular complexity index is 1500. The van der Waals surface area contributed by atoms with Gasteiger partial charge in [-0.15, -0.1) is 0 Å². The minimum absolute atomic E-state index is 0.0212. The van der Waals surface area contributed by atoms with Crippen molar-refractivity contribution in [1.29, 1.82) is 0 Å². The molecule has 36 heavy (non-hydrogen) atoms. The number of piperidine rings is 1. The first kappa shape index (κ1) is 22.6. The number of amides is 1. The Morgan fingerprint density at radius 2 is 2.06 bits per heavy atom. The topological polar surface area (TPSA) is 115 Å². The van der Waals surface area contributed by atoms with Gasteiger partial charge in [0.25, 0.3) is 11.5 Å². The summed E-state index contributed by atoms with van der Waals surface area (Å²) in [6.45, 7) is 3.22. The fraction of sp³-hybridized carbons (Fsp3) is 0.400. The molecule has 186 valence electrons. The van der Waals surface area contributed by atoms with Crippen molar-refractivity contribution in [2.24, 2.45) is 0 Å². The second-order valence-corrected chi connectivity index (χ2v) is 9.28. The van der Waals surface area contributed by atoms with Crippen molar-refractivity contribution in [1.82, 2.24) is 29.6 Å². The number of alkyl halides is 1. The predicted molar refractivity (Wildman–Crippen MR) is 129 cm³/mol. The SMILES string of the molecule is Cc1cc2[nH]c(=O)c3cnn([C@H]4CCOC4)c3c2cc1C(=O)N1CC[C@@H](Oc2ncccn2)[C@@H](F)C1. The van der Waals surface area contributed by atoms with Crippen molar-refractivity contribution in [2.75, 3.05) is 26.3 Å². The maximum absolute atomic E-state index is 15.0. The number of fused-ring (bicyclic) bond motifs is 3. The summed E-state index contributed by atoms with van der Waals surface area (Å²) in [5.74, 6) is -0.263. The van der Waals surface area contributed by atoms with Crippen molar-refractivity contribution >= 4 is 27.7 Å². The molecule has 3 aromatic heterocycles. The van der Waals surface area contributed by atoms with Crippen LogP contribution in [0.2, 0.25) is 0 Å². The molecule has 1 amide bonds. The average molecular weight is 493 g/mol. The van der Waals surface area contributed by atoms with Crippen LogP contribution in [0.15, 0.2) is 41.6 Å². The number of likely N-dealkylation sites (tertiary alicyclic amines) is 1. The molecule has 6 rings (SSSR count). The Hall–Kier alpha value is -3.86. The number of aromatic amines is 1. The number of aryl methyl sites for hydroxylation is 1. The van der Waals surface area contributed by atoms with Gasteiger partial charge in [-0.05, 0) is 37.1 Å². The number of nitrogens with zero attached hydrogens (tertiary/aromatic N) is 5. The summed E-state index contributed by atoms with van der Waals surface area (Å²) < 4.78 is 28.0. The number of ether oxygens (including phenoxy) is 2. The molecule has 2 fully saturated rings. The Kier molecular flexibility index (Phi) is 5.63. The van der Waals surface area contributed by atoms with E-state index in [1.807, 2.05) is 11.6 Å². The third-order valence-electron chi connectivity index (χ3n) is 6.96. The summed E-state index contributed by atoms with van der Waals surface area (Å²) in [6.07, 6.45) is 3.65. The molecule has 10 nitrogen and oxygen atoms in total. The maximum atomic E-state index is 15.0. The predicted octanol–water partition coefficient (Wildman–Crippen LogP) is 2.57. The number of rotatable bonds is 4. The second kappa shape index (κ2) is 8.98. The van der Waals surface area contributed by atoms with Gasteiger partial charge in [0.15, 0.2) is 6.17 Å². The highest BCUT2D eigenvalue weighted by molar-refractivity contribution is 6.07. The maximum Gasteiger partial charge on any atom is 0.316 e. The molecule has 4 aromatic rings. The molecule has 11 heteroatoms. The minimum Gasteiger partial charge on any atom is -0.457 e. The monoisotopic (exact) mass is 492 g/mol. The van der Waals surface area contributed by atoms with Gasteiger partial charge in [0.1, 0.15) is 6.10 Å². The molecule has 1 N–H and O–H groups in total. The zero-order valence-corrected chi connectivity index (χ0v) is 19.7. The lowest BCUT2D eigenvalue weighted by Crippen LogP contribution is -2.49. The number of aromatic nitrogens is 5. The van der Waals surface area contributed by atoms with Gasteiger partial charge in [0, 0.05) is 42.9 Å². The Morgan fingerprint density at radius 3 is 2.81 bits per heavy atom. The normalized spacial score (nSPS) is 22.4. The first-order valence-corrected chi connectivity index (χ1v) is 12.0. The molecule has 0 radical (unpaired) electrons. The van der Waals surface area contributed by atoms with Gasteiger partial charge in [-0.2, -0.15) is 5.10 Å². The van der Waals surface area contributed by atoms with Crippen molar-refractivity contribution in [3.8, 4) is 6.01 Å². The molecule has 0 spiro atoms. The number of hydrogen-bond donors (Lipinski definition) is 1. The van der Waals surface area contributed by atoms with E-state index < -0.39 is 12.3 Å². The smallest absolute Gasteiger partial charge is 0.316 e. The van der Waals surface area contributed by atoms with Gasteiger partial charge in [-0.25, -0.2) is 14.4 Å². The fourth-order valence-corrected chi connectivity index (χ4v) is 5.07. The van der Waals surface area contributed by atoms with E-state index >= 15 is 4.39 Å². The highest BCUT2D eigenvalue weighted by Gasteiger charge is 2.34. The highest BCUT2D eigenvalue weighted by atomic mass is 19.1. The van der Waals surface area contributed by atoms with Crippen LogP contribution in [0, 0.1) is 6.92 Å². The molecule has 0 bridgehead atoms. The summed E-state index contributed by atoms with van der Waals surface area (Å²) in [5.41, 5.74) is 2.23. The quantitative estimate of drug-likeness (QED) is 0.466. The zero-order valence-electron chi connectivity index (χ0n) is 19.7. The van der Waals surface area contributed by atoms with E-state index in [9.17, 15) is 9.59 Å². The number of carbonyl (C=O) groups is 1. The molecule has 5 heterocycles. The molecule has 2 aliphatic heterocycles. The lowest BCUT2D eigenvalue weighted by Gasteiger charge is -2.34. The third-order valence-corrected chi connectivity index (χ3v) is 6.96. The number of benzene rings is 1. The van der Waals surface area contributed by atoms with Crippen molar-refractivity contribution in [2.45, 2.75) is 38.1 Å². The third kappa shape index (κ3) is 3.89. The van der Waals surface area contributed by atoms with Gasteiger partial charge in [0.05, 0.1) is 41.8 Å². The Morgan fingerprint density at radius 1 is 1.22 bits per heavy atom. The van der Waals surface area contributed by atoms with Crippen LogP contribution in [-0.4, -0.2) is 74.1 Å². The van der Waals surface area contributed by atoms with E-state index in [4.69, 9.17) is 9.47 Å². The molecule has 2 saturated heterocycles. The summed E-state index contributed by atoms with van der Waals surface area (Å²) >= 11 is 0. The van der Waals surface area contributed by atoms with E-state index in [1.165, 1.54) is 17.3 Å². The van der Waals surface area contributed by atoms with Gasteiger partial charge in [-0.1, -0.05) is 0 Å². The average Bonchev–Trinajstić information content (AvgIpc) is 3.56. The van der Waals surface area contributed by atoms with E-state index in [0.717, 1.165) is 11.8 Å². The van der Waals surface area contributed by atoms with E-state index in [0.29, 0.717) is 53.7 Å². The molecule has 0 aliphatic carbocycles. The van der Waals surface area contributed by atoms with Crippen LogP contribution in [0.5, 0.6) is 6.01 Å². The minimum atomic E-state index is -1.38.